The minimum absolute atomic E-state index is 0.525. The van der Waals surface area contributed by atoms with Gasteiger partial charge in [0.2, 0.25) is 0 Å². The smallest absolute Gasteiger partial charge is 0.0944 e. The van der Waals surface area contributed by atoms with Gasteiger partial charge in [0.05, 0.1) is 11.9 Å². The Morgan fingerprint density at radius 3 is 2.75 bits per heavy atom. The van der Waals surface area contributed by atoms with Crippen molar-refractivity contribution in [1.29, 1.82) is 0 Å². The molecule has 0 bridgehead atoms. The van der Waals surface area contributed by atoms with E-state index in [0.29, 0.717) is 12.0 Å². The van der Waals surface area contributed by atoms with E-state index in [1.807, 2.05) is 0 Å². The highest BCUT2D eigenvalue weighted by atomic mass is 14.9. The third-order valence-electron chi connectivity index (χ3n) is 2.62. The van der Waals surface area contributed by atoms with Crippen molar-refractivity contribution < 1.29 is 0 Å². The number of rotatable bonds is 4. The average molecular weight is 168 g/mol. The molecule has 0 aromatic carbocycles. The fourth-order valence-corrected chi connectivity index (χ4v) is 1.81. The van der Waals surface area contributed by atoms with Crippen LogP contribution in [-0.2, 0) is 0 Å². The molecule has 0 amide bonds. The van der Waals surface area contributed by atoms with Gasteiger partial charge in [-0.05, 0) is 12.3 Å². The zero-order valence-electron chi connectivity index (χ0n) is 8.21. The maximum Gasteiger partial charge on any atom is 0.0944 e. The lowest BCUT2D eigenvalue weighted by Crippen LogP contribution is -2.11. The lowest BCUT2D eigenvalue weighted by Gasteiger charge is -2.11. The van der Waals surface area contributed by atoms with E-state index in [9.17, 15) is 0 Å². The molecule has 70 valence electrons. The normalized spacial score (nSPS) is 29.0. The summed E-state index contributed by atoms with van der Waals surface area (Å²) in [6.45, 7) is 4.48. The van der Waals surface area contributed by atoms with Gasteiger partial charge in [-0.25, -0.2) is 0 Å². The summed E-state index contributed by atoms with van der Waals surface area (Å²) in [5.74, 6) is 1.55. The molecule has 0 unspecified atom stereocenters. The Morgan fingerprint density at radius 1 is 1.50 bits per heavy atom. The lowest BCUT2D eigenvalue weighted by atomic mass is 9.97. The highest BCUT2D eigenvalue weighted by Crippen LogP contribution is 2.23. The first-order valence-corrected chi connectivity index (χ1v) is 5.06. The molecule has 2 nitrogen and oxygen atoms in total. The lowest BCUT2D eigenvalue weighted by molar-refractivity contribution is 0.455. The SMILES string of the molecule is CCCCC[C@H]1N=C(N)C[C@H]1C. The summed E-state index contributed by atoms with van der Waals surface area (Å²) in [6, 6.07) is 0.525. The molecule has 0 aliphatic carbocycles. The molecule has 0 aromatic rings. The Kier molecular flexibility index (Phi) is 3.57. The second-order valence-corrected chi connectivity index (χ2v) is 3.86. The number of nitrogens with zero attached hydrogens (tertiary/aromatic N) is 1. The van der Waals surface area contributed by atoms with Crippen LogP contribution < -0.4 is 5.73 Å². The van der Waals surface area contributed by atoms with Crippen molar-refractivity contribution in [3.05, 3.63) is 0 Å². The molecule has 1 heterocycles. The maximum absolute atomic E-state index is 5.67. The van der Waals surface area contributed by atoms with Crippen molar-refractivity contribution in [3.8, 4) is 0 Å². The van der Waals surface area contributed by atoms with Gasteiger partial charge in [0.25, 0.3) is 0 Å². The van der Waals surface area contributed by atoms with Gasteiger partial charge < -0.3 is 5.73 Å². The summed E-state index contributed by atoms with van der Waals surface area (Å²) in [5, 5.41) is 0. The first-order valence-electron chi connectivity index (χ1n) is 5.06. The minimum Gasteiger partial charge on any atom is -0.387 e. The molecule has 0 radical (unpaired) electrons. The van der Waals surface area contributed by atoms with Gasteiger partial charge in [-0.2, -0.15) is 0 Å². The molecule has 0 aromatic heterocycles. The zero-order valence-corrected chi connectivity index (χ0v) is 8.21. The third-order valence-corrected chi connectivity index (χ3v) is 2.62. The van der Waals surface area contributed by atoms with E-state index in [2.05, 4.69) is 18.8 Å². The number of aliphatic imine (C=N–C) groups is 1. The van der Waals surface area contributed by atoms with Gasteiger partial charge in [0, 0.05) is 6.42 Å². The molecular weight excluding hydrogens is 148 g/mol. The van der Waals surface area contributed by atoms with Gasteiger partial charge in [0.1, 0.15) is 0 Å². The molecule has 2 atom stereocenters. The van der Waals surface area contributed by atoms with Crippen LogP contribution in [0.1, 0.15) is 46.0 Å². The Labute approximate surface area is 75.3 Å². The van der Waals surface area contributed by atoms with Gasteiger partial charge in [-0.15, -0.1) is 0 Å². The molecular formula is C10H20N2. The van der Waals surface area contributed by atoms with E-state index in [-0.39, 0.29) is 0 Å². The number of unbranched alkanes of at least 4 members (excludes halogenated alkanes) is 2. The topological polar surface area (TPSA) is 38.4 Å². The largest absolute Gasteiger partial charge is 0.387 e. The van der Waals surface area contributed by atoms with E-state index >= 15 is 0 Å². The van der Waals surface area contributed by atoms with Crippen LogP contribution in [0.3, 0.4) is 0 Å². The average Bonchev–Trinajstić information content (AvgIpc) is 2.31. The molecule has 0 saturated carbocycles. The van der Waals surface area contributed by atoms with Gasteiger partial charge in [-0.1, -0.05) is 33.1 Å². The highest BCUT2D eigenvalue weighted by Gasteiger charge is 2.22. The van der Waals surface area contributed by atoms with E-state index in [0.717, 1.165) is 12.3 Å². The van der Waals surface area contributed by atoms with Gasteiger partial charge >= 0.3 is 0 Å². The standard InChI is InChI=1S/C10H20N2/c1-3-4-5-6-9-8(2)7-10(11)12-9/h8-9H,3-7H2,1-2H3,(H2,11,12)/t8-,9-/m1/s1. The van der Waals surface area contributed by atoms with Crippen LogP contribution >= 0.6 is 0 Å². The van der Waals surface area contributed by atoms with E-state index in [4.69, 9.17) is 5.73 Å². The summed E-state index contributed by atoms with van der Waals surface area (Å²) >= 11 is 0. The molecule has 1 rings (SSSR count). The fraction of sp³-hybridized carbons (Fsp3) is 0.900. The van der Waals surface area contributed by atoms with Gasteiger partial charge in [-0.3, -0.25) is 4.99 Å². The predicted octanol–water partition coefficient (Wildman–Crippen LogP) is 2.33. The Balaban J connectivity index is 2.23. The molecule has 2 heteroatoms. The summed E-state index contributed by atoms with van der Waals surface area (Å²) in [4.78, 5) is 4.44. The summed E-state index contributed by atoms with van der Waals surface area (Å²) in [6.07, 6.45) is 6.17. The molecule has 12 heavy (non-hydrogen) atoms. The molecule has 1 aliphatic rings. The number of hydrogen-bond acceptors (Lipinski definition) is 2. The predicted molar refractivity (Wildman–Crippen MR) is 53.3 cm³/mol. The van der Waals surface area contributed by atoms with Crippen LogP contribution in [0.15, 0.2) is 4.99 Å². The van der Waals surface area contributed by atoms with Crippen LogP contribution in [0.4, 0.5) is 0 Å². The van der Waals surface area contributed by atoms with E-state index in [1.54, 1.807) is 0 Å². The maximum atomic E-state index is 5.67. The first kappa shape index (κ1) is 9.56. The third kappa shape index (κ3) is 2.50. The minimum atomic E-state index is 0.525. The van der Waals surface area contributed by atoms with Crippen molar-refractivity contribution in [2.75, 3.05) is 0 Å². The summed E-state index contributed by atoms with van der Waals surface area (Å²) in [5.41, 5.74) is 5.67. The zero-order chi connectivity index (χ0) is 8.97. The van der Waals surface area contributed by atoms with Crippen molar-refractivity contribution in [1.82, 2.24) is 0 Å². The molecule has 1 aliphatic heterocycles. The van der Waals surface area contributed by atoms with Crippen LogP contribution in [-0.4, -0.2) is 11.9 Å². The molecule has 0 spiro atoms. The second kappa shape index (κ2) is 4.48. The van der Waals surface area contributed by atoms with Crippen LogP contribution in [0.5, 0.6) is 0 Å². The first-order chi connectivity index (χ1) is 5.74. The van der Waals surface area contributed by atoms with Crippen LogP contribution in [0, 0.1) is 5.92 Å². The van der Waals surface area contributed by atoms with Crippen molar-refractivity contribution in [2.24, 2.45) is 16.6 Å². The monoisotopic (exact) mass is 168 g/mol. The number of amidine groups is 1. The van der Waals surface area contributed by atoms with E-state index in [1.165, 1.54) is 25.7 Å². The van der Waals surface area contributed by atoms with Crippen molar-refractivity contribution in [2.45, 2.75) is 52.0 Å². The fourth-order valence-electron chi connectivity index (χ4n) is 1.81. The van der Waals surface area contributed by atoms with Crippen molar-refractivity contribution in [3.63, 3.8) is 0 Å². The second-order valence-electron chi connectivity index (χ2n) is 3.86. The summed E-state index contributed by atoms with van der Waals surface area (Å²) in [7, 11) is 0. The van der Waals surface area contributed by atoms with Gasteiger partial charge in [0.15, 0.2) is 0 Å². The Bertz CT molecular complexity index is 163. The van der Waals surface area contributed by atoms with Crippen LogP contribution in [0.25, 0.3) is 0 Å². The van der Waals surface area contributed by atoms with E-state index < -0.39 is 0 Å². The molecule has 2 N–H and O–H groups in total. The number of nitrogens with two attached hydrogens (primary N) is 1. The quantitative estimate of drug-likeness (QED) is 0.643. The molecule has 0 fully saturated rings. The highest BCUT2D eigenvalue weighted by molar-refractivity contribution is 5.82. The Hall–Kier alpha value is -0.530. The summed E-state index contributed by atoms with van der Waals surface area (Å²) < 4.78 is 0. The molecule has 0 saturated heterocycles. The Morgan fingerprint density at radius 2 is 2.25 bits per heavy atom. The van der Waals surface area contributed by atoms with Crippen molar-refractivity contribution >= 4 is 5.84 Å². The van der Waals surface area contributed by atoms with Crippen LogP contribution in [0.2, 0.25) is 0 Å². The number of hydrogen-bond donors (Lipinski definition) is 1.